The average molecular weight is 290 g/mol. The number of ether oxygens (including phenoxy) is 1. The zero-order valence-corrected chi connectivity index (χ0v) is 13.0. The van der Waals surface area contributed by atoms with Crippen molar-refractivity contribution in [3.63, 3.8) is 0 Å². The normalized spacial score (nSPS) is 22.1. The van der Waals surface area contributed by atoms with Crippen LogP contribution in [0, 0.1) is 5.92 Å². The molecule has 5 nitrogen and oxygen atoms in total. The third-order valence-corrected chi connectivity index (χ3v) is 4.08. The molecule has 1 fully saturated rings. The number of rotatable bonds is 3. The fraction of sp³-hybridized carbons (Fsp3) is 0.500. The quantitative estimate of drug-likeness (QED) is 0.851. The predicted octanol–water partition coefficient (Wildman–Crippen LogP) is 1.69. The van der Waals surface area contributed by atoms with E-state index in [4.69, 9.17) is 4.74 Å². The van der Waals surface area contributed by atoms with E-state index < -0.39 is 0 Å². The minimum absolute atomic E-state index is 0.0650. The van der Waals surface area contributed by atoms with Gasteiger partial charge in [0.1, 0.15) is 5.75 Å². The number of hydrogen-bond donors (Lipinski definition) is 0. The van der Waals surface area contributed by atoms with Crippen molar-refractivity contribution < 1.29 is 14.3 Å². The molecule has 1 aromatic carbocycles. The summed E-state index contributed by atoms with van der Waals surface area (Å²) >= 11 is 0. The molecule has 2 atom stereocenters. The number of nitrogens with zero attached hydrogens (tertiary/aromatic N) is 2. The van der Waals surface area contributed by atoms with Gasteiger partial charge in [-0.15, -0.1) is 0 Å². The van der Waals surface area contributed by atoms with E-state index in [-0.39, 0.29) is 23.8 Å². The number of carbonyl (C=O) groups is 2. The summed E-state index contributed by atoms with van der Waals surface area (Å²) in [6.07, 6.45) is 1.02. The van der Waals surface area contributed by atoms with E-state index in [9.17, 15) is 9.59 Å². The Hall–Kier alpha value is -2.04. The number of benzene rings is 1. The average Bonchev–Trinajstić information content (AvgIpc) is 2.49. The molecule has 0 saturated carbocycles. The molecule has 21 heavy (non-hydrogen) atoms. The van der Waals surface area contributed by atoms with Gasteiger partial charge in [-0.3, -0.25) is 9.59 Å². The second-order valence-corrected chi connectivity index (χ2v) is 5.60. The molecule has 2 rings (SSSR count). The first-order valence-electron chi connectivity index (χ1n) is 7.06. The maximum atomic E-state index is 12.4. The van der Waals surface area contributed by atoms with Gasteiger partial charge in [-0.1, -0.05) is 12.1 Å². The lowest BCUT2D eigenvalue weighted by Crippen LogP contribution is -2.46. The first-order valence-corrected chi connectivity index (χ1v) is 7.06. The second-order valence-electron chi connectivity index (χ2n) is 5.60. The van der Waals surface area contributed by atoms with Crippen molar-refractivity contribution in [1.29, 1.82) is 0 Å². The Morgan fingerprint density at radius 3 is 2.43 bits per heavy atom. The molecule has 1 aromatic rings. The van der Waals surface area contributed by atoms with Crippen LogP contribution in [0.4, 0.5) is 0 Å². The van der Waals surface area contributed by atoms with Crippen LogP contribution in [0.15, 0.2) is 24.3 Å². The van der Waals surface area contributed by atoms with E-state index >= 15 is 0 Å². The maximum absolute atomic E-state index is 12.4. The molecule has 0 N–H and O–H groups in total. The number of carbonyl (C=O) groups excluding carboxylic acids is 2. The Balaban J connectivity index is 2.36. The number of hydrogen-bond acceptors (Lipinski definition) is 3. The van der Waals surface area contributed by atoms with E-state index in [0.717, 1.165) is 11.3 Å². The van der Waals surface area contributed by atoms with Crippen LogP contribution in [0.1, 0.15) is 24.4 Å². The molecule has 2 unspecified atom stereocenters. The van der Waals surface area contributed by atoms with Gasteiger partial charge in [-0.25, -0.2) is 0 Å². The van der Waals surface area contributed by atoms with Crippen molar-refractivity contribution in [2.75, 3.05) is 28.3 Å². The van der Waals surface area contributed by atoms with E-state index in [1.807, 2.05) is 24.3 Å². The smallest absolute Gasteiger partial charge is 0.227 e. The van der Waals surface area contributed by atoms with Gasteiger partial charge in [0.25, 0.3) is 0 Å². The SMILES string of the molecule is COc1ccc(C2C(C(=O)N(C)C)CCC(=O)N2C)cc1. The van der Waals surface area contributed by atoms with Gasteiger partial charge in [0.2, 0.25) is 11.8 Å². The highest BCUT2D eigenvalue weighted by atomic mass is 16.5. The fourth-order valence-electron chi connectivity index (χ4n) is 2.89. The van der Waals surface area contributed by atoms with Crippen LogP contribution < -0.4 is 4.74 Å². The second kappa shape index (κ2) is 6.16. The summed E-state index contributed by atoms with van der Waals surface area (Å²) in [4.78, 5) is 27.7. The number of methoxy groups -OCH3 is 1. The number of piperidine rings is 1. The topological polar surface area (TPSA) is 49.9 Å². The Kier molecular flexibility index (Phi) is 4.50. The number of amides is 2. The third kappa shape index (κ3) is 3.01. The molecular formula is C16H22N2O3. The summed E-state index contributed by atoms with van der Waals surface area (Å²) in [5, 5.41) is 0. The van der Waals surface area contributed by atoms with Crippen LogP contribution in [-0.2, 0) is 9.59 Å². The lowest BCUT2D eigenvalue weighted by Gasteiger charge is -2.39. The minimum atomic E-state index is -0.216. The van der Waals surface area contributed by atoms with Crippen LogP contribution in [0.25, 0.3) is 0 Å². The zero-order valence-electron chi connectivity index (χ0n) is 13.0. The lowest BCUT2D eigenvalue weighted by molar-refractivity contribution is -0.145. The summed E-state index contributed by atoms with van der Waals surface area (Å²) in [5.74, 6) is 0.712. The Morgan fingerprint density at radius 2 is 1.90 bits per heavy atom. The molecule has 0 aromatic heterocycles. The molecule has 1 aliphatic heterocycles. The summed E-state index contributed by atoms with van der Waals surface area (Å²) in [5.41, 5.74) is 0.964. The molecule has 5 heteroatoms. The molecule has 1 heterocycles. The van der Waals surface area contributed by atoms with E-state index in [2.05, 4.69) is 0 Å². The third-order valence-electron chi connectivity index (χ3n) is 4.08. The molecule has 0 aliphatic carbocycles. The Bertz CT molecular complexity index is 525. The highest BCUT2D eigenvalue weighted by Gasteiger charge is 2.39. The molecule has 2 amide bonds. The number of likely N-dealkylation sites (tertiary alicyclic amines) is 1. The first-order chi connectivity index (χ1) is 9.95. The van der Waals surface area contributed by atoms with Gasteiger partial charge in [0.05, 0.1) is 19.1 Å². The molecule has 114 valence electrons. The standard InChI is InChI=1S/C16H22N2O3/c1-17(2)16(20)13-9-10-14(19)18(3)15(13)11-5-7-12(21-4)8-6-11/h5-8,13,15H,9-10H2,1-4H3. The Labute approximate surface area is 125 Å². The summed E-state index contributed by atoms with van der Waals surface area (Å²) in [7, 11) is 6.89. The van der Waals surface area contributed by atoms with E-state index in [1.54, 1.807) is 38.1 Å². The summed E-state index contributed by atoms with van der Waals surface area (Å²) in [6.45, 7) is 0. The fourth-order valence-corrected chi connectivity index (χ4v) is 2.89. The molecule has 0 radical (unpaired) electrons. The van der Waals surface area contributed by atoms with Crippen LogP contribution in [0.2, 0.25) is 0 Å². The van der Waals surface area contributed by atoms with Gasteiger partial charge >= 0.3 is 0 Å². The predicted molar refractivity (Wildman–Crippen MR) is 79.9 cm³/mol. The summed E-state index contributed by atoms with van der Waals surface area (Å²) < 4.78 is 5.16. The maximum Gasteiger partial charge on any atom is 0.227 e. The van der Waals surface area contributed by atoms with E-state index in [0.29, 0.717) is 12.8 Å². The van der Waals surface area contributed by atoms with Crippen molar-refractivity contribution >= 4 is 11.8 Å². The van der Waals surface area contributed by atoms with Crippen molar-refractivity contribution in [2.24, 2.45) is 5.92 Å². The Morgan fingerprint density at radius 1 is 1.29 bits per heavy atom. The highest BCUT2D eigenvalue weighted by Crippen LogP contribution is 2.37. The van der Waals surface area contributed by atoms with Crippen LogP contribution in [0.5, 0.6) is 5.75 Å². The van der Waals surface area contributed by atoms with E-state index in [1.165, 1.54) is 0 Å². The zero-order chi connectivity index (χ0) is 15.6. The molecule has 0 spiro atoms. The van der Waals surface area contributed by atoms with Crippen LogP contribution >= 0.6 is 0 Å². The molecule has 0 bridgehead atoms. The van der Waals surface area contributed by atoms with Crippen molar-refractivity contribution in [2.45, 2.75) is 18.9 Å². The van der Waals surface area contributed by atoms with Crippen molar-refractivity contribution in [3.8, 4) is 5.75 Å². The summed E-state index contributed by atoms with van der Waals surface area (Å²) in [6, 6.07) is 7.36. The first kappa shape index (κ1) is 15.4. The van der Waals surface area contributed by atoms with Gasteiger partial charge in [-0.05, 0) is 24.1 Å². The lowest BCUT2D eigenvalue weighted by atomic mass is 9.83. The van der Waals surface area contributed by atoms with Crippen molar-refractivity contribution in [1.82, 2.24) is 9.80 Å². The van der Waals surface area contributed by atoms with Crippen LogP contribution in [-0.4, -0.2) is 49.9 Å². The largest absolute Gasteiger partial charge is 0.497 e. The highest BCUT2D eigenvalue weighted by molar-refractivity contribution is 5.84. The van der Waals surface area contributed by atoms with Crippen molar-refractivity contribution in [3.05, 3.63) is 29.8 Å². The van der Waals surface area contributed by atoms with Gasteiger partial charge < -0.3 is 14.5 Å². The van der Waals surface area contributed by atoms with Crippen LogP contribution in [0.3, 0.4) is 0 Å². The molecule has 1 aliphatic rings. The van der Waals surface area contributed by atoms with Gasteiger partial charge in [-0.2, -0.15) is 0 Å². The monoisotopic (exact) mass is 290 g/mol. The van der Waals surface area contributed by atoms with Gasteiger partial charge in [0, 0.05) is 27.6 Å². The minimum Gasteiger partial charge on any atom is -0.497 e. The molecule has 1 saturated heterocycles. The van der Waals surface area contributed by atoms with Gasteiger partial charge in [0.15, 0.2) is 0 Å². The molecular weight excluding hydrogens is 268 g/mol.